The van der Waals surface area contributed by atoms with Gasteiger partial charge in [-0.15, -0.1) is 0 Å². The molecule has 0 unspecified atom stereocenters. The number of carbonyl (C=O) groups excluding carboxylic acids is 1. The minimum atomic E-state index is -3.51. The first-order valence-corrected chi connectivity index (χ1v) is 9.51. The van der Waals surface area contributed by atoms with Crippen molar-refractivity contribution in [2.45, 2.75) is 18.2 Å². The lowest BCUT2D eigenvalue weighted by molar-refractivity contribution is -0.136. The molecule has 0 radical (unpaired) electrons. The zero-order chi connectivity index (χ0) is 18.4. The Bertz CT molecular complexity index is 710. The van der Waals surface area contributed by atoms with Gasteiger partial charge in [0, 0.05) is 32.7 Å². The fourth-order valence-electron chi connectivity index (χ4n) is 2.56. The van der Waals surface area contributed by atoms with Crippen LogP contribution >= 0.6 is 0 Å². The number of aryl methyl sites for hydroxylation is 1. The van der Waals surface area contributed by atoms with Gasteiger partial charge in [0.15, 0.2) is 0 Å². The van der Waals surface area contributed by atoms with Crippen molar-refractivity contribution in [3.63, 3.8) is 0 Å². The van der Waals surface area contributed by atoms with E-state index in [1.165, 1.54) is 4.31 Å². The molecule has 0 atom stereocenters. The van der Waals surface area contributed by atoms with Crippen LogP contribution in [-0.2, 0) is 19.6 Å². The van der Waals surface area contributed by atoms with Crippen molar-refractivity contribution < 1.29 is 23.1 Å². The highest BCUT2D eigenvalue weighted by Crippen LogP contribution is 2.18. The molecule has 1 amide bonds. The summed E-state index contributed by atoms with van der Waals surface area (Å²) in [5, 5.41) is 11.1. The molecule has 1 saturated heterocycles. The molecule has 1 aliphatic rings. The molecule has 0 bridgehead atoms. The average molecular weight is 369 g/mol. The molecular formula is C16H23N3O5S. The summed E-state index contributed by atoms with van der Waals surface area (Å²) in [6, 6.07) is 6.75. The van der Waals surface area contributed by atoms with Crippen molar-refractivity contribution in [2.75, 3.05) is 39.3 Å². The monoisotopic (exact) mass is 369 g/mol. The van der Waals surface area contributed by atoms with E-state index < -0.39 is 16.0 Å². The second-order valence-electron chi connectivity index (χ2n) is 5.99. The second-order valence-corrected chi connectivity index (χ2v) is 7.92. The van der Waals surface area contributed by atoms with E-state index in [-0.39, 0.29) is 30.3 Å². The summed E-state index contributed by atoms with van der Waals surface area (Å²) < 4.78 is 26.6. The van der Waals surface area contributed by atoms with E-state index in [9.17, 15) is 18.0 Å². The van der Waals surface area contributed by atoms with Crippen molar-refractivity contribution in [2.24, 2.45) is 0 Å². The number of aliphatic carboxylic acids is 1. The highest BCUT2D eigenvalue weighted by Gasteiger charge is 2.28. The maximum atomic E-state index is 12.6. The smallest absolute Gasteiger partial charge is 0.305 e. The maximum absolute atomic E-state index is 12.6. The SMILES string of the molecule is Cc1ccc(S(=O)(=O)N2CCN(CC(=O)NCCC(=O)O)CC2)cc1. The third-order valence-corrected chi connectivity index (χ3v) is 5.93. The van der Waals surface area contributed by atoms with E-state index in [1.54, 1.807) is 24.3 Å². The number of hydrogen-bond donors (Lipinski definition) is 2. The van der Waals surface area contributed by atoms with Crippen LogP contribution in [0.5, 0.6) is 0 Å². The van der Waals surface area contributed by atoms with Crippen LogP contribution in [0.15, 0.2) is 29.2 Å². The third-order valence-electron chi connectivity index (χ3n) is 4.02. The summed E-state index contributed by atoms with van der Waals surface area (Å²) in [6.45, 7) is 3.68. The van der Waals surface area contributed by atoms with Gasteiger partial charge in [-0.1, -0.05) is 17.7 Å². The topological polar surface area (TPSA) is 107 Å². The van der Waals surface area contributed by atoms with Gasteiger partial charge >= 0.3 is 5.97 Å². The Morgan fingerprint density at radius 1 is 1.12 bits per heavy atom. The number of amides is 1. The largest absolute Gasteiger partial charge is 0.481 e. The Morgan fingerprint density at radius 2 is 1.72 bits per heavy atom. The van der Waals surface area contributed by atoms with Gasteiger partial charge in [-0.2, -0.15) is 4.31 Å². The molecule has 0 aliphatic carbocycles. The van der Waals surface area contributed by atoms with Crippen LogP contribution in [0.25, 0.3) is 0 Å². The van der Waals surface area contributed by atoms with Crippen molar-refractivity contribution in [1.29, 1.82) is 0 Å². The second kappa shape index (κ2) is 8.41. The summed E-state index contributed by atoms with van der Waals surface area (Å²) in [7, 11) is -3.51. The first kappa shape index (κ1) is 19.4. The first-order chi connectivity index (χ1) is 11.8. The lowest BCUT2D eigenvalue weighted by atomic mass is 10.2. The minimum absolute atomic E-state index is 0.0932. The Labute approximate surface area is 147 Å². The summed E-state index contributed by atoms with van der Waals surface area (Å²) in [6.07, 6.45) is -0.117. The number of benzene rings is 1. The molecule has 138 valence electrons. The lowest BCUT2D eigenvalue weighted by Gasteiger charge is -2.33. The Kier molecular flexibility index (Phi) is 6.51. The van der Waals surface area contributed by atoms with Gasteiger partial charge < -0.3 is 10.4 Å². The molecule has 1 aromatic rings. The summed E-state index contributed by atoms with van der Waals surface area (Å²) in [5.74, 6) is -1.22. The molecule has 0 spiro atoms. The average Bonchev–Trinajstić information content (AvgIpc) is 2.55. The molecule has 2 rings (SSSR count). The van der Waals surface area contributed by atoms with E-state index in [2.05, 4.69) is 5.32 Å². The maximum Gasteiger partial charge on any atom is 0.305 e. The lowest BCUT2D eigenvalue weighted by Crippen LogP contribution is -2.51. The molecular weight excluding hydrogens is 346 g/mol. The molecule has 1 fully saturated rings. The predicted octanol–water partition coefficient (Wildman–Crippen LogP) is -0.108. The van der Waals surface area contributed by atoms with E-state index in [1.807, 2.05) is 11.8 Å². The Hall–Kier alpha value is -1.97. The van der Waals surface area contributed by atoms with Gasteiger partial charge in [0.05, 0.1) is 17.9 Å². The highest BCUT2D eigenvalue weighted by atomic mass is 32.2. The number of nitrogens with zero attached hydrogens (tertiary/aromatic N) is 2. The van der Waals surface area contributed by atoms with Crippen molar-refractivity contribution in [3.8, 4) is 0 Å². The molecule has 9 heteroatoms. The third kappa shape index (κ3) is 5.52. The van der Waals surface area contributed by atoms with Crippen LogP contribution in [-0.4, -0.2) is 73.9 Å². The predicted molar refractivity (Wildman–Crippen MR) is 91.6 cm³/mol. The molecule has 1 heterocycles. The molecule has 25 heavy (non-hydrogen) atoms. The van der Waals surface area contributed by atoms with E-state index in [4.69, 9.17) is 5.11 Å². The zero-order valence-corrected chi connectivity index (χ0v) is 15.0. The number of nitrogens with one attached hydrogen (secondary N) is 1. The van der Waals surface area contributed by atoms with Gasteiger partial charge in [-0.25, -0.2) is 8.42 Å². The molecule has 1 aromatic carbocycles. The zero-order valence-electron chi connectivity index (χ0n) is 14.1. The van der Waals surface area contributed by atoms with Crippen LogP contribution in [0.1, 0.15) is 12.0 Å². The summed E-state index contributed by atoms with van der Waals surface area (Å²) in [4.78, 5) is 24.3. The number of carbonyl (C=O) groups is 2. The van der Waals surface area contributed by atoms with Gasteiger partial charge in [0.2, 0.25) is 15.9 Å². The first-order valence-electron chi connectivity index (χ1n) is 8.07. The summed E-state index contributed by atoms with van der Waals surface area (Å²) >= 11 is 0. The number of carboxylic acid groups (broad SMARTS) is 1. The number of carboxylic acids is 1. The van der Waals surface area contributed by atoms with Crippen molar-refractivity contribution in [1.82, 2.24) is 14.5 Å². The Morgan fingerprint density at radius 3 is 2.28 bits per heavy atom. The van der Waals surface area contributed by atoms with Crippen LogP contribution in [0.2, 0.25) is 0 Å². The van der Waals surface area contributed by atoms with E-state index in [0.717, 1.165) is 5.56 Å². The highest BCUT2D eigenvalue weighted by molar-refractivity contribution is 7.89. The van der Waals surface area contributed by atoms with Crippen molar-refractivity contribution in [3.05, 3.63) is 29.8 Å². The summed E-state index contributed by atoms with van der Waals surface area (Å²) in [5.41, 5.74) is 0.998. The van der Waals surface area contributed by atoms with Gasteiger partial charge in [-0.3, -0.25) is 14.5 Å². The van der Waals surface area contributed by atoms with E-state index in [0.29, 0.717) is 26.2 Å². The molecule has 1 aliphatic heterocycles. The number of piperazine rings is 1. The van der Waals surface area contributed by atoms with Crippen LogP contribution < -0.4 is 5.32 Å². The number of hydrogen-bond acceptors (Lipinski definition) is 5. The molecule has 8 nitrogen and oxygen atoms in total. The fraction of sp³-hybridized carbons (Fsp3) is 0.500. The van der Waals surface area contributed by atoms with Gasteiger partial charge in [0.25, 0.3) is 0 Å². The fourth-order valence-corrected chi connectivity index (χ4v) is 3.98. The molecule has 0 aromatic heterocycles. The minimum Gasteiger partial charge on any atom is -0.481 e. The number of sulfonamides is 1. The van der Waals surface area contributed by atoms with Crippen LogP contribution in [0, 0.1) is 6.92 Å². The Balaban J connectivity index is 1.83. The normalized spacial score (nSPS) is 16.5. The standard InChI is InChI=1S/C16H23N3O5S/c1-13-2-4-14(5-3-13)25(23,24)19-10-8-18(9-11-19)12-15(20)17-7-6-16(21)22/h2-5H,6-12H2,1H3,(H,17,20)(H,21,22). The molecule has 0 saturated carbocycles. The van der Waals surface area contributed by atoms with E-state index >= 15 is 0 Å². The molecule has 2 N–H and O–H groups in total. The van der Waals surface area contributed by atoms with Crippen molar-refractivity contribution >= 4 is 21.9 Å². The van der Waals surface area contributed by atoms with Gasteiger partial charge in [-0.05, 0) is 19.1 Å². The van der Waals surface area contributed by atoms with Gasteiger partial charge in [0.1, 0.15) is 0 Å². The quantitative estimate of drug-likeness (QED) is 0.695. The van der Waals surface area contributed by atoms with Crippen LogP contribution in [0.3, 0.4) is 0 Å². The van der Waals surface area contributed by atoms with Crippen LogP contribution in [0.4, 0.5) is 0 Å². The number of rotatable bonds is 7.